The van der Waals surface area contributed by atoms with E-state index in [-0.39, 0.29) is 51.2 Å². The number of hydrogen-bond acceptors (Lipinski definition) is 6. The van der Waals surface area contributed by atoms with Crippen molar-refractivity contribution in [3.63, 3.8) is 0 Å². The van der Waals surface area contributed by atoms with Gasteiger partial charge in [0.05, 0.1) is 45.8 Å². The highest BCUT2D eigenvalue weighted by Gasteiger charge is 2.71. The van der Waals surface area contributed by atoms with Crippen molar-refractivity contribution < 1.29 is 28.6 Å². The molecular formula is C37H60O6Si. The maximum Gasteiger partial charge on any atom is 0.312 e. The molecule has 6 nitrogen and oxygen atoms in total. The van der Waals surface area contributed by atoms with Crippen molar-refractivity contribution in [3.8, 4) is 0 Å². The van der Waals surface area contributed by atoms with Crippen molar-refractivity contribution in [2.75, 3.05) is 33.2 Å². The number of ketones is 2. The average molecular weight is 629 g/mol. The molecule has 0 amide bonds. The van der Waals surface area contributed by atoms with E-state index in [4.69, 9.17) is 14.2 Å². The first kappa shape index (κ1) is 34.0. The predicted molar refractivity (Wildman–Crippen MR) is 176 cm³/mol. The SMILES string of the molecule is COC(=O)[C@]12CCC(C)(C)C[C@H]1[C@H]1C(=O)C=C3[C@@]4(C)CCC(=O)[C@@](C)(COCCOC[Si](C)(C)C)[C@@H]4CC[C@@]3(C)[C@]1(C)CC2. The van der Waals surface area contributed by atoms with Gasteiger partial charge >= 0.3 is 5.97 Å². The van der Waals surface area contributed by atoms with Gasteiger partial charge in [-0.3, -0.25) is 14.4 Å². The number of Topliss-reactive ketones (excluding diaryl/α,β-unsaturated/α-hetero) is 1. The third-order valence-corrected chi connectivity index (χ3v) is 14.9. The smallest absolute Gasteiger partial charge is 0.312 e. The van der Waals surface area contributed by atoms with Crippen LogP contribution < -0.4 is 0 Å². The fourth-order valence-electron chi connectivity index (χ4n) is 11.2. The average Bonchev–Trinajstić information content (AvgIpc) is 2.93. The predicted octanol–water partition coefficient (Wildman–Crippen LogP) is 7.60. The van der Waals surface area contributed by atoms with Crippen molar-refractivity contribution >= 4 is 25.6 Å². The van der Waals surface area contributed by atoms with E-state index in [0.29, 0.717) is 32.0 Å². The summed E-state index contributed by atoms with van der Waals surface area (Å²) in [6.07, 6.45) is 10.3. The lowest BCUT2D eigenvalue weighted by molar-refractivity contribution is -0.193. The number of carbonyl (C=O) groups is 3. The Morgan fingerprint density at radius 2 is 1.57 bits per heavy atom. The Morgan fingerprint density at radius 3 is 2.23 bits per heavy atom. The molecule has 0 bridgehead atoms. The summed E-state index contributed by atoms with van der Waals surface area (Å²) in [7, 11) is 0.237. The molecule has 0 spiro atoms. The van der Waals surface area contributed by atoms with Crippen LogP contribution in [0.1, 0.15) is 99.3 Å². The summed E-state index contributed by atoms with van der Waals surface area (Å²) in [5.41, 5.74) is -0.482. The number of rotatable bonds is 8. The minimum Gasteiger partial charge on any atom is -0.469 e. The summed E-state index contributed by atoms with van der Waals surface area (Å²) >= 11 is 0. The highest BCUT2D eigenvalue weighted by Crippen LogP contribution is 2.75. The Bertz CT molecular complexity index is 1220. The molecule has 248 valence electrons. The molecule has 0 unspecified atom stereocenters. The van der Waals surface area contributed by atoms with E-state index in [1.165, 1.54) is 12.7 Å². The maximum atomic E-state index is 14.6. The molecule has 4 fully saturated rings. The van der Waals surface area contributed by atoms with Gasteiger partial charge in [0.2, 0.25) is 0 Å². The van der Waals surface area contributed by atoms with E-state index in [9.17, 15) is 14.4 Å². The highest BCUT2D eigenvalue weighted by molar-refractivity contribution is 6.76. The maximum absolute atomic E-state index is 14.6. The standard InChI is InChI=1S/C37H60O6Si/c1-32(2)15-17-37(31(40)41-7)18-16-36(6)30(25(37)22-32)26(38)21-28-33(3)13-12-29(39)34(4,27(33)11-14-35(28,36)5)23-42-19-20-43-24-44(8,9)10/h21,25,27,30H,11-20,22-24H2,1-10H3/t25-,27+,30-,33-,34-,35+,36+,37-/m0/s1. The Balaban J connectivity index is 1.46. The normalized spacial score (nSPS) is 43.2. The van der Waals surface area contributed by atoms with Gasteiger partial charge in [-0.05, 0) is 90.9 Å². The van der Waals surface area contributed by atoms with Crippen molar-refractivity contribution in [2.24, 2.45) is 50.2 Å². The summed E-state index contributed by atoms with van der Waals surface area (Å²) < 4.78 is 17.6. The first-order valence-corrected chi connectivity index (χ1v) is 21.0. The first-order valence-electron chi connectivity index (χ1n) is 17.3. The van der Waals surface area contributed by atoms with Gasteiger partial charge in [0.1, 0.15) is 5.78 Å². The lowest BCUT2D eigenvalue weighted by atomic mass is 9.34. The van der Waals surface area contributed by atoms with Crippen LogP contribution in [0.25, 0.3) is 0 Å². The first-order chi connectivity index (χ1) is 20.3. The van der Waals surface area contributed by atoms with Crippen LogP contribution >= 0.6 is 0 Å². The third kappa shape index (κ3) is 5.14. The molecule has 0 aromatic heterocycles. The summed E-state index contributed by atoms with van der Waals surface area (Å²) in [5.74, 6) is 0.295. The molecule has 0 N–H and O–H groups in total. The van der Waals surface area contributed by atoms with Crippen LogP contribution in [0.5, 0.6) is 0 Å². The molecule has 0 radical (unpaired) electrons. The number of carbonyl (C=O) groups excluding carboxylic acids is 3. The number of fused-ring (bicyclic) bond motifs is 7. The molecule has 5 aliphatic rings. The quantitative estimate of drug-likeness (QED) is 0.157. The van der Waals surface area contributed by atoms with Crippen LogP contribution in [0, 0.1) is 50.2 Å². The molecule has 0 heterocycles. The van der Waals surface area contributed by atoms with Gasteiger partial charge in [-0.15, -0.1) is 0 Å². The van der Waals surface area contributed by atoms with Gasteiger partial charge in [0, 0.05) is 18.6 Å². The van der Waals surface area contributed by atoms with E-state index in [2.05, 4.69) is 61.2 Å². The van der Waals surface area contributed by atoms with Crippen LogP contribution in [0.4, 0.5) is 0 Å². The molecule has 7 heteroatoms. The zero-order valence-electron chi connectivity index (χ0n) is 29.5. The molecule has 5 aliphatic carbocycles. The van der Waals surface area contributed by atoms with Gasteiger partial charge in [-0.2, -0.15) is 0 Å². The summed E-state index contributed by atoms with van der Waals surface area (Å²) in [5, 5.41) is 0. The van der Waals surface area contributed by atoms with Gasteiger partial charge in [-0.25, -0.2) is 0 Å². The third-order valence-electron chi connectivity index (χ3n) is 13.9. The summed E-state index contributed by atoms with van der Waals surface area (Å²) in [6, 6.07) is 0. The molecule has 0 aliphatic heterocycles. The Morgan fingerprint density at radius 1 is 0.909 bits per heavy atom. The molecular weight excluding hydrogens is 568 g/mol. The van der Waals surface area contributed by atoms with Crippen molar-refractivity contribution in [1.82, 2.24) is 0 Å². The van der Waals surface area contributed by atoms with E-state index < -0.39 is 18.9 Å². The van der Waals surface area contributed by atoms with Crippen molar-refractivity contribution in [2.45, 2.75) is 119 Å². The number of esters is 1. The van der Waals surface area contributed by atoms with Crippen molar-refractivity contribution in [1.29, 1.82) is 0 Å². The minimum atomic E-state index is -1.27. The summed E-state index contributed by atoms with van der Waals surface area (Å²) in [6.45, 7) is 22.2. The lowest BCUT2D eigenvalue weighted by Gasteiger charge is -2.69. The van der Waals surface area contributed by atoms with Gasteiger partial charge in [0.15, 0.2) is 5.78 Å². The van der Waals surface area contributed by atoms with E-state index >= 15 is 0 Å². The minimum absolute atomic E-state index is 0.0140. The molecule has 5 rings (SSSR count). The number of hydrogen-bond donors (Lipinski definition) is 0. The van der Waals surface area contributed by atoms with Gasteiger partial charge in [-0.1, -0.05) is 66.8 Å². The van der Waals surface area contributed by atoms with Crippen LogP contribution in [-0.2, 0) is 28.6 Å². The van der Waals surface area contributed by atoms with E-state index in [0.717, 1.165) is 57.6 Å². The van der Waals surface area contributed by atoms with Crippen LogP contribution in [0.15, 0.2) is 11.6 Å². The van der Waals surface area contributed by atoms with Crippen LogP contribution in [0.3, 0.4) is 0 Å². The second-order valence-corrected chi connectivity index (χ2v) is 23.7. The van der Waals surface area contributed by atoms with Crippen molar-refractivity contribution in [3.05, 3.63) is 11.6 Å². The molecule has 0 aromatic carbocycles. The molecule has 0 aromatic rings. The largest absolute Gasteiger partial charge is 0.469 e. The van der Waals surface area contributed by atoms with Gasteiger partial charge in [0.25, 0.3) is 0 Å². The zero-order chi connectivity index (χ0) is 32.6. The Kier molecular flexibility index (Phi) is 8.62. The fourth-order valence-corrected chi connectivity index (χ4v) is 11.9. The fraction of sp³-hybridized carbons (Fsp3) is 0.865. The van der Waals surface area contributed by atoms with Crippen LogP contribution in [0.2, 0.25) is 19.6 Å². The lowest BCUT2D eigenvalue weighted by Crippen LogP contribution is -2.66. The Hall–Kier alpha value is -1.31. The second-order valence-electron chi connectivity index (χ2n) is 18.3. The monoisotopic (exact) mass is 628 g/mol. The number of methoxy groups -OCH3 is 1. The van der Waals surface area contributed by atoms with E-state index in [1.54, 1.807) is 0 Å². The highest BCUT2D eigenvalue weighted by atomic mass is 28.3. The summed E-state index contributed by atoms with van der Waals surface area (Å²) in [4.78, 5) is 41.8. The van der Waals surface area contributed by atoms with Gasteiger partial charge < -0.3 is 14.2 Å². The topological polar surface area (TPSA) is 78.9 Å². The molecule has 8 atom stereocenters. The second kappa shape index (κ2) is 11.1. The van der Waals surface area contributed by atoms with Crippen LogP contribution in [-0.4, -0.2) is 58.8 Å². The Labute approximate surface area is 267 Å². The number of allylic oxidation sites excluding steroid dienone is 2. The van der Waals surface area contributed by atoms with E-state index in [1.807, 2.05) is 6.08 Å². The number of ether oxygens (including phenoxy) is 3. The molecule has 0 saturated heterocycles. The molecule has 44 heavy (non-hydrogen) atoms. The zero-order valence-corrected chi connectivity index (χ0v) is 30.5. The molecule has 4 saturated carbocycles.